The van der Waals surface area contributed by atoms with Crippen LogP contribution in [0.25, 0.3) is 10.8 Å². The molecule has 1 heterocycles. The molecule has 1 aromatic heterocycles. The summed E-state index contributed by atoms with van der Waals surface area (Å²) in [4.78, 5) is 4.00. The Morgan fingerprint density at radius 3 is 2.54 bits per heavy atom. The van der Waals surface area contributed by atoms with Crippen LogP contribution in [0.3, 0.4) is 0 Å². The van der Waals surface area contributed by atoms with Gasteiger partial charge in [0.1, 0.15) is 10.8 Å². The minimum Gasteiger partial charge on any atom is -0.395 e. The second kappa shape index (κ2) is 9.24. The molecule has 0 saturated heterocycles. The standard InChI is InChI=1S/C19H20ClN5O/c20-19-8-5-14(13-23-19)24-25-18-7-6-17(22-10-9-21-11-12-26)15-3-1-2-4-16(15)18/h1-8,13,21-22,26H,9-12H2. The van der Waals surface area contributed by atoms with Crippen LogP contribution in [0.5, 0.6) is 0 Å². The van der Waals surface area contributed by atoms with Gasteiger partial charge >= 0.3 is 0 Å². The lowest BCUT2D eigenvalue weighted by atomic mass is 10.1. The van der Waals surface area contributed by atoms with Crippen LogP contribution in [0, 0.1) is 0 Å². The first-order chi connectivity index (χ1) is 12.8. The fraction of sp³-hybridized carbons (Fsp3) is 0.211. The van der Waals surface area contributed by atoms with Gasteiger partial charge in [0.15, 0.2) is 0 Å². The summed E-state index contributed by atoms with van der Waals surface area (Å²) in [5.74, 6) is 0. The molecule has 0 saturated carbocycles. The second-order valence-corrected chi connectivity index (χ2v) is 6.00. The molecule has 134 valence electrons. The molecule has 6 nitrogen and oxygen atoms in total. The highest BCUT2D eigenvalue weighted by molar-refractivity contribution is 6.29. The molecule has 0 aliphatic heterocycles. The third kappa shape index (κ3) is 4.76. The molecular formula is C19H20ClN5O. The van der Waals surface area contributed by atoms with Gasteiger partial charge in [0.05, 0.1) is 18.5 Å². The second-order valence-electron chi connectivity index (χ2n) is 5.62. The molecule has 0 atom stereocenters. The van der Waals surface area contributed by atoms with Gasteiger partial charge in [-0.15, -0.1) is 10.2 Å². The van der Waals surface area contributed by atoms with Gasteiger partial charge in [-0.25, -0.2) is 4.98 Å². The average molecular weight is 370 g/mol. The number of aliphatic hydroxyl groups is 1. The zero-order chi connectivity index (χ0) is 18.2. The van der Waals surface area contributed by atoms with Crippen LogP contribution in [0.15, 0.2) is 65.0 Å². The Hall–Kier alpha value is -2.54. The van der Waals surface area contributed by atoms with Crippen LogP contribution in [-0.4, -0.2) is 36.3 Å². The number of benzene rings is 2. The number of anilines is 1. The molecule has 0 aliphatic carbocycles. The topological polar surface area (TPSA) is 81.9 Å². The summed E-state index contributed by atoms with van der Waals surface area (Å²) in [6.07, 6.45) is 1.59. The number of aliphatic hydroxyl groups excluding tert-OH is 1. The van der Waals surface area contributed by atoms with Crippen molar-refractivity contribution in [2.75, 3.05) is 31.6 Å². The predicted molar refractivity (Wildman–Crippen MR) is 106 cm³/mol. The molecule has 0 bridgehead atoms. The van der Waals surface area contributed by atoms with E-state index in [1.807, 2.05) is 30.3 Å². The van der Waals surface area contributed by atoms with Crippen LogP contribution >= 0.6 is 11.6 Å². The van der Waals surface area contributed by atoms with Crippen molar-refractivity contribution in [3.8, 4) is 0 Å². The number of halogens is 1. The Morgan fingerprint density at radius 2 is 1.77 bits per heavy atom. The highest BCUT2D eigenvalue weighted by Gasteiger charge is 2.05. The van der Waals surface area contributed by atoms with Gasteiger partial charge in [-0.2, -0.15) is 0 Å². The Kier molecular flexibility index (Phi) is 6.49. The van der Waals surface area contributed by atoms with Gasteiger partial charge in [-0.1, -0.05) is 35.9 Å². The molecular weight excluding hydrogens is 350 g/mol. The van der Waals surface area contributed by atoms with E-state index in [4.69, 9.17) is 16.7 Å². The summed E-state index contributed by atoms with van der Waals surface area (Å²) >= 11 is 5.79. The minimum absolute atomic E-state index is 0.145. The fourth-order valence-corrected chi connectivity index (χ4v) is 2.66. The molecule has 0 amide bonds. The Labute approximate surface area is 156 Å². The van der Waals surface area contributed by atoms with Crippen molar-refractivity contribution in [1.29, 1.82) is 0 Å². The number of pyridine rings is 1. The first-order valence-electron chi connectivity index (χ1n) is 8.38. The van der Waals surface area contributed by atoms with Crippen LogP contribution in [0.2, 0.25) is 5.15 Å². The van der Waals surface area contributed by atoms with Crippen molar-refractivity contribution in [3.63, 3.8) is 0 Å². The van der Waals surface area contributed by atoms with Gasteiger partial charge in [-0.05, 0) is 24.3 Å². The third-order valence-electron chi connectivity index (χ3n) is 3.79. The zero-order valence-electron chi connectivity index (χ0n) is 14.2. The van der Waals surface area contributed by atoms with Crippen molar-refractivity contribution in [1.82, 2.24) is 10.3 Å². The molecule has 3 N–H and O–H groups in total. The van der Waals surface area contributed by atoms with Crippen LogP contribution < -0.4 is 10.6 Å². The van der Waals surface area contributed by atoms with Crippen molar-refractivity contribution < 1.29 is 5.11 Å². The third-order valence-corrected chi connectivity index (χ3v) is 4.02. The van der Waals surface area contributed by atoms with Crippen LogP contribution in [0.1, 0.15) is 0 Å². The molecule has 0 aliphatic rings. The summed E-state index contributed by atoms with van der Waals surface area (Å²) in [5, 5.41) is 26.5. The van der Waals surface area contributed by atoms with Gasteiger partial charge in [0, 0.05) is 36.1 Å². The van der Waals surface area contributed by atoms with Gasteiger partial charge in [0.25, 0.3) is 0 Å². The van der Waals surface area contributed by atoms with Crippen molar-refractivity contribution in [3.05, 3.63) is 59.9 Å². The summed E-state index contributed by atoms with van der Waals surface area (Å²) < 4.78 is 0. The molecule has 26 heavy (non-hydrogen) atoms. The molecule has 7 heteroatoms. The van der Waals surface area contributed by atoms with E-state index in [0.717, 1.165) is 35.2 Å². The summed E-state index contributed by atoms with van der Waals surface area (Å²) in [7, 11) is 0. The van der Waals surface area contributed by atoms with Crippen molar-refractivity contribution >= 4 is 39.4 Å². The number of nitrogens with zero attached hydrogens (tertiary/aromatic N) is 3. The van der Waals surface area contributed by atoms with E-state index in [-0.39, 0.29) is 6.61 Å². The van der Waals surface area contributed by atoms with Crippen LogP contribution in [-0.2, 0) is 0 Å². The first kappa shape index (κ1) is 18.3. The lowest BCUT2D eigenvalue weighted by Crippen LogP contribution is -2.24. The normalized spacial score (nSPS) is 11.3. The Morgan fingerprint density at radius 1 is 0.923 bits per heavy atom. The van der Waals surface area contributed by atoms with Gasteiger partial charge in [-0.3, -0.25) is 0 Å². The Balaban J connectivity index is 1.79. The lowest BCUT2D eigenvalue weighted by Gasteiger charge is -2.11. The molecule has 3 rings (SSSR count). The first-order valence-corrected chi connectivity index (χ1v) is 8.76. The number of hydrogen-bond donors (Lipinski definition) is 3. The summed E-state index contributed by atoms with van der Waals surface area (Å²) in [6, 6.07) is 15.5. The molecule has 2 aromatic carbocycles. The maximum absolute atomic E-state index is 8.79. The van der Waals surface area contributed by atoms with Crippen molar-refractivity contribution in [2.45, 2.75) is 0 Å². The molecule has 0 unspecified atom stereocenters. The maximum atomic E-state index is 8.79. The fourth-order valence-electron chi connectivity index (χ4n) is 2.55. The number of hydrogen-bond acceptors (Lipinski definition) is 6. The highest BCUT2D eigenvalue weighted by atomic mass is 35.5. The Bertz CT molecular complexity index is 883. The maximum Gasteiger partial charge on any atom is 0.129 e. The van der Waals surface area contributed by atoms with E-state index in [0.29, 0.717) is 17.4 Å². The van der Waals surface area contributed by atoms with Crippen molar-refractivity contribution in [2.24, 2.45) is 10.2 Å². The summed E-state index contributed by atoms with van der Waals surface area (Å²) in [5.41, 5.74) is 2.48. The van der Waals surface area contributed by atoms with E-state index in [1.165, 1.54) is 0 Å². The number of fused-ring (bicyclic) bond motifs is 1. The predicted octanol–water partition coefficient (Wildman–Crippen LogP) is 4.30. The monoisotopic (exact) mass is 369 g/mol. The van der Waals surface area contributed by atoms with Crippen LogP contribution in [0.4, 0.5) is 17.1 Å². The number of rotatable bonds is 8. The number of aromatic nitrogens is 1. The lowest BCUT2D eigenvalue weighted by molar-refractivity contribution is 0.293. The van der Waals surface area contributed by atoms with E-state index in [9.17, 15) is 0 Å². The van der Waals surface area contributed by atoms with E-state index >= 15 is 0 Å². The molecule has 0 radical (unpaired) electrons. The van der Waals surface area contributed by atoms with Gasteiger partial charge in [0.2, 0.25) is 0 Å². The highest BCUT2D eigenvalue weighted by Crippen LogP contribution is 2.32. The average Bonchev–Trinajstić information content (AvgIpc) is 2.68. The quantitative estimate of drug-likeness (QED) is 0.314. The summed E-state index contributed by atoms with van der Waals surface area (Å²) in [6.45, 7) is 2.29. The minimum atomic E-state index is 0.145. The number of nitrogens with one attached hydrogen (secondary N) is 2. The largest absolute Gasteiger partial charge is 0.395 e. The van der Waals surface area contributed by atoms with E-state index in [2.05, 4.69) is 31.9 Å². The molecule has 0 fully saturated rings. The van der Waals surface area contributed by atoms with Gasteiger partial charge < -0.3 is 15.7 Å². The molecule has 3 aromatic rings. The van der Waals surface area contributed by atoms with E-state index < -0.39 is 0 Å². The molecule has 0 spiro atoms. The van der Waals surface area contributed by atoms with E-state index in [1.54, 1.807) is 18.3 Å². The zero-order valence-corrected chi connectivity index (χ0v) is 14.9. The smallest absolute Gasteiger partial charge is 0.129 e. The number of azo groups is 1. The SMILES string of the molecule is OCCNCCNc1ccc(N=Nc2ccc(Cl)nc2)c2ccccc12.